The zero-order chi connectivity index (χ0) is 18.5. The van der Waals surface area contributed by atoms with Crippen molar-refractivity contribution in [3.05, 3.63) is 64.7 Å². The van der Waals surface area contributed by atoms with Gasteiger partial charge in [0.05, 0.1) is 0 Å². The van der Waals surface area contributed by atoms with E-state index in [1.807, 2.05) is 60.4 Å². The highest BCUT2D eigenvalue weighted by molar-refractivity contribution is 6.30. The summed E-state index contributed by atoms with van der Waals surface area (Å²) in [5.74, 6) is 1.11. The number of benzene rings is 2. The molecule has 1 saturated heterocycles. The minimum absolute atomic E-state index is 0.0484. The van der Waals surface area contributed by atoms with Crippen LogP contribution in [-0.4, -0.2) is 29.9 Å². The van der Waals surface area contributed by atoms with Crippen molar-refractivity contribution in [3.8, 4) is 5.75 Å². The van der Waals surface area contributed by atoms with Crippen molar-refractivity contribution in [1.29, 1.82) is 0 Å². The zero-order valence-electron chi connectivity index (χ0n) is 15.0. The molecule has 2 aromatic carbocycles. The maximum atomic E-state index is 12.8. The molecule has 2 aromatic rings. The van der Waals surface area contributed by atoms with Crippen molar-refractivity contribution in [1.82, 2.24) is 4.90 Å². The van der Waals surface area contributed by atoms with Gasteiger partial charge in [-0.05, 0) is 61.6 Å². The van der Waals surface area contributed by atoms with E-state index in [1.54, 1.807) is 0 Å². The zero-order valence-corrected chi connectivity index (χ0v) is 15.8. The van der Waals surface area contributed by atoms with Gasteiger partial charge in [-0.2, -0.15) is 0 Å². The Kier molecular flexibility index (Phi) is 6.17. The van der Waals surface area contributed by atoms with Gasteiger partial charge in [0.1, 0.15) is 12.4 Å². The summed E-state index contributed by atoms with van der Waals surface area (Å²) in [4.78, 5) is 14.8. The van der Waals surface area contributed by atoms with E-state index in [0.29, 0.717) is 28.9 Å². The number of piperidine rings is 1. The van der Waals surface area contributed by atoms with E-state index in [2.05, 4.69) is 0 Å². The largest absolute Gasteiger partial charge is 0.489 e. The van der Waals surface area contributed by atoms with E-state index < -0.39 is 0 Å². The van der Waals surface area contributed by atoms with Gasteiger partial charge in [0.15, 0.2) is 0 Å². The monoisotopic (exact) mass is 372 g/mol. The number of nitrogens with zero attached hydrogens (tertiary/aromatic N) is 1. The molecular formula is C21H25ClN2O2. The molecule has 0 radical (unpaired) electrons. The molecule has 138 valence electrons. The van der Waals surface area contributed by atoms with E-state index in [1.165, 1.54) is 0 Å². The first-order chi connectivity index (χ1) is 12.5. The van der Waals surface area contributed by atoms with Crippen LogP contribution in [0.15, 0.2) is 48.5 Å². The molecule has 2 N–H and O–H groups in total. The Morgan fingerprint density at radius 3 is 2.81 bits per heavy atom. The molecule has 0 bridgehead atoms. The van der Waals surface area contributed by atoms with Gasteiger partial charge in [-0.3, -0.25) is 4.79 Å². The second kappa shape index (κ2) is 8.56. The Morgan fingerprint density at radius 1 is 1.31 bits per heavy atom. The molecule has 1 heterocycles. The minimum Gasteiger partial charge on any atom is -0.489 e. The maximum Gasteiger partial charge on any atom is 0.253 e. The quantitative estimate of drug-likeness (QED) is 0.858. The van der Waals surface area contributed by atoms with Crippen LogP contribution in [0.1, 0.15) is 35.7 Å². The van der Waals surface area contributed by atoms with Crippen LogP contribution < -0.4 is 10.5 Å². The van der Waals surface area contributed by atoms with Crippen LogP contribution in [-0.2, 0) is 6.61 Å². The third-order valence-corrected chi connectivity index (χ3v) is 5.14. The molecule has 26 heavy (non-hydrogen) atoms. The summed E-state index contributed by atoms with van der Waals surface area (Å²) in [6, 6.07) is 15.0. The highest BCUT2D eigenvalue weighted by atomic mass is 35.5. The van der Waals surface area contributed by atoms with Gasteiger partial charge < -0.3 is 15.4 Å². The van der Waals surface area contributed by atoms with Crippen molar-refractivity contribution in [2.24, 2.45) is 11.7 Å². The summed E-state index contributed by atoms with van der Waals surface area (Å²) in [6.45, 7) is 3.97. The average Bonchev–Trinajstić information content (AvgIpc) is 2.67. The summed E-state index contributed by atoms with van der Waals surface area (Å²) >= 11 is 5.90. The van der Waals surface area contributed by atoms with Gasteiger partial charge in [-0.25, -0.2) is 0 Å². The number of carbonyl (C=O) groups excluding carboxylic acids is 1. The van der Waals surface area contributed by atoms with Crippen LogP contribution in [0.2, 0.25) is 5.02 Å². The number of hydrogen-bond donors (Lipinski definition) is 1. The molecule has 3 rings (SSSR count). The Labute approximate surface area is 159 Å². The third-order valence-electron chi connectivity index (χ3n) is 4.89. The summed E-state index contributed by atoms with van der Waals surface area (Å²) in [5, 5.41) is 0.702. The molecule has 0 aliphatic carbocycles. The number of halogens is 1. The molecule has 1 aliphatic heterocycles. The Morgan fingerprint density at radius 2 is 2.08 bits per heavy atom. The first-order valence-electron chi connectivity index (χ1n) is 9.05. The van der Waals surface area contributed by atoms with E-state index in [9.17, 15) is 4.79 Å². The smallest absolute Gasteiger partial charge is 0.253 e. The highest BCUT2D eigenvalue weighted by Crippen LogP contribution is 2.22. The highest BCUT2D eigenvalue weighted by Gasteiger charge is 2.26. The van der Waals surface area contributed by atoms with Crippen molar-refractivity contribution >= 4 is 17.5 Å². The van der Waals surface area contributed by atoms with Crippen molar-refractivity contribution < 1.29 is 9.53 Å². The van der Waals surface area contributed by atoms with Crippen molar-refractivity contribution in [3.63, 3.8) is 0 Å². The van der Waals surface area contributed by atoms with Crippen LogP contribution in [0, 0.1) is 5.92 Å². The van der Waals surface area contributed by atoms with Crippen LogP contribution in [0.3, 0.4) is 0 Å². The Balaban J connectivity index is 1.64. The molecule has 0 aromatic heterocycles. The predicted octanol–water partition coefficient (Wildman–Crippen LogP) is 4.12. The number of nitrogens with two attached hydrogens (primary N) is 1. The molecule has 4 nitrogen and oxygen atoms in total. The lowest BCUT2D eigenvalue weighted by molar-refractivity contribution is 0.0660. The summed E-state index contributed by atoms with van der Waals surface area (Å²) in [5.41, 5.74) is 7.72. The lowest BCUT2D eigenvalue weighted by atomic mass is 9.92. The molecule has 2 atom stereocenters. The van der Waals surface area contributed by atoms with Gasteiger partial charge in [-0.1, -0.05) is 29.8 Å². The molecule has 0 saturated carbocycles. The lowest BCUT2D eigenvalue weighted by Gasteiger charge is -2.34. The fraction of sp³-hybridized carbons (Fsp3) is 0.381. The van der Waals surface area contributed by atoms with Crippen molar-refractivity contribution in [2.45, 2.75) is 32.4 Å². The van der Waals surface area contributed by atoms with E-state index >= 15 is 0 Å². The van der Waals surface area contributed by atoms with Crippen LogP contribution in [0.5, 0.6) is 5.75 Å². The topological polar surface area (TPSA) is 55.6 Å². The fourth-order valence-corrected chi connectivity index (χ4v) is 3.40. The van der Waals surface area contributed by atoms with Gasteiger partial charge in [0.25, 0.3) is 5.91 Å². The standard InChI is InChI=1S/C21H25ClN2O2/c1-15(23)18-5-3-11-24(13-18)21(25)17-4-2-6-20(12-17)26-14-16-7-9-19(22)10-8-16/h2,4,6-10,12,15,18H,3,5,11,13-14,23H2,1H3. The maximum absolute atomic E-state index is 12.8. The van der Waals surface area contributed by atoms with E-state index in [-0.39, 0.29) is 11.9 Å². The summed E-state index contributed by atoms with van der Waals surface area (Å²) in [7, 11) is 0. The number of ether oxygens (including phenoxy) is 1. The lowest BCUT2D eigenvalue weighted by Crippen LogP contribution is -2.45. The first kappa shape index (κ1) is 18.7. The SMILES string of the molecule is CC(N)C1CCCN(C(=O)c2cccc(OCc3ccc(Cl)cc3)c2)C1. The first-order valence-corrected chi connectivity index (χ1v) is 9.43. The summed E-state index contributed by atoms with van der Waals surface area (Å²) < 4.78 is 5.84. The minimum atomic E-state index is 0.0484. The van der Waals surface area contributed by atoms with Gasteiger partial charge in [0.2, 0.25) is 0 Å². The molecular weight excluding hydrogens is 348 g/mol. The molecule has 2 unspecified atom stereocenters. The number of likely N-dealkylation sites (tertiary alicyclic amines) is 1. The van der Waals surface area contributed by atoms with Gasteiger partial charge >= 0.3 is 0 Å². The molecule has 5 heteroatoms. The second-order valence-corrected chi connectivity index (χ2v) is 7.39. The van der Waals surface area contributed by atoms with E-state index in [4.69, 9.17) is 22.1 Å². The summed E-state index contributed by atoms with van der Waals surface area (Å²) in [6.07, 6.45) is 2.09. The molecule has 1 fully saturated rings. The van der Waals surface area contributed by atoms with Gasteiger partial charge in [-0.15, -0.1) is 0 Å². The van der Waals surface area contributed by atoms with Crippen molar-refractivity contribution in [2.75, 3.05) is 13.1 Å². The second-order valence-electron chi connectivity index (χ2n) is 6.96. The third kappa shape index (κ3) is 4.77. The normalized spacial score (nSPS) is 18.4. The predicted molar refractivity (Wildman–Crippen MR) is 105 cm³/mol. The molecule has 1 amide bonds. The number of carbonyl (C=O) groups is 1. The van der Waals surface area contributed by atoms with Crippen LogP contribution in [0.4, 0.5) is 0 Å². The van der Waals surface area contributed by atoms with E-state index in [0.717, 1.165) is 31.5 Å². The Hall–Kier alpha value is -2.04. The number of hydrogen-bond acceptors (Lipinski definition) is 3. The molecule has 0 spiro atoms. The Bertz CT molecular complexity index is 746. The number of rotatable bonds is 5. The van der Waals surface area contributed by atoms with Gasteiger partial charge in [0, 0.05) is 29.7 Å². The number of amides is 1. The fourth-order valence-electron chi connectivity index (χ4n) is 3.27. The molecule has 1 aliphatic rings. The van der Waals surface area contributed by atoms with Crippen LogP contribution >= 0.6 is 11.6 Å². The van der Waals surface area contributed by atoms with Crippen LogP contribution in [0.25, 0.3) is 0 Å². The average molecular weight is 373 g/mol.